The molecule has 1 unspecified atom stereocenters. The molecule has 0 aliphatic rings. The van der Waals surface area contributed by atoms with E-state index >= 15 is 0 Å². The van der Waals surface area contributed by atoms with E-state index in [9.17, 15) is 4.79 Å². The molecule has 0 heterocycles. The van der Waals surface area contributed by atoms with Gasteiger partial charge in [0, 0.05) is 11.6 Å². The number of nitrogens with two attached hydrogens (primary N) is 1. The van der Waals surface area contributed by atoms with E-state index in [1.807, 2.05) is 20.8 Å². The number of ether oxygens (including phenoxy) is 1. The van der Waals surface area contributed by atoms with E-state index in [1.54, 1.807) is 18.2 Å². The van der Waals surface area contributed by atoms with E-state index in [-0.39, 0.29) is 11.9 Å². The standard InChI is InChI=1S/C15H22N2O2/c1-5-11(4)17-15(18)12-6-7-13(16)14(8-12)19-9-10(2)3/h6-8,11H,2,5,9,16H2,1,3-4H3,(H,17,18). The van der Waals surface area contributed by atoms with Gasteiger partial charge < -0.3 is 15.8 Å². The van der Waals surface area contributed by atoms with Crippen molar-refractivity contribution in [3.8, 4) is 5.75 Å². The van der Waals surface area contributed by atoms with Gasteiger partial charge in [-0.1, -0.05) is 13.5 Å². The summed E-state index contributed by atoms with van der Waals surface area (Å²) < 4.78 is 5.52. The van der Waals surface area contributed by atoms with Crippen LogP contribution in [0.1, 0.15) is 37.6 Å². The largest absolute Gasteiger partial charge is 0.487 e. The van der Waals surface area contributed by atoms with Crippen LogP contribution in [0.2, 0.25) is 0 Å². The van der Waals surface area contributed by atoms with Gasteiger partial charge in [-0.3, -0.25) is 4.79 Å². The number of amides is 1. The Morgan fingerprint density at radius 1 is 1.53 bits per heavy atom. The smallest absolute Gasteiger partial charge is 0.251 e. The van der Waals surface area contributed by atoms with Gasteiger partial charge in [-0.2, -0.15) is 0 Å². The van der Waals surface area contributed by atoms with E-state index in [0.717, 1.165) is 12.0 Å². The van der Waals surface area contributed by atoms with Crippen LogP contribution in [-0.2, 0) is 0 Å². The lowest BCUT2D eigenvalue weighted by molar-refractivity contribution is 0.0939. The van der Waals surface area contributed by atoms with Crippen LogP contribution in [0.4, 0.5) is 5.69 Å². The second-order valence-corrected chi connectivity index (χ2v) is 4.78. The maximum Gasteiger partial charge on any atom is 0.251 e. The van der Waals surface area contributed by atoms with Gasteiger partial charge in [0.1, 0.15) is 12.4 Å². The number of carbonyl (C=O) groups excluding carboxylic acids is 1. The van der Waals surface area contributed by atoms with Crippen LogP contribution in [-0.4, -0.2) is 18.6 Å². The molecular formula is C15H22N2O2. The fraction of sp³-hybridized carbons (Fsp3) is 0.400. The molecule has 4 heteroatoms. The lowest BCUT2D eigenvalue weighted by Crippen LogP contribution is -2.31. The number of benzene rings is 1. The van der Waals surface area contributed by atoms with Crippen molar-refractivity contribution in [2.24, 2.45) is 0 Å². The highest BCUT2D eigenvalue weighted by molar-refractivity contribution is 5.95. The van der Waals surface area contributed by atoms with Crippen molar-refractivity contribution in [2.45, 2.75) is 33.2 Å². The number of hydrogen-bond acceptors (Lipinski definition) is 3. The summed E-state index contributed by atoms with van der Waals surface area (Å²) in [6.07, 6.45) is 0.889. The number of carbonyl (C=O) groups is 1. The number of nitrogens with one attached hydrogen (secondary N) is 1. The van der Waals surface area contributed by atoms with Crippen LogP contribution in [0.25, 0.3) is 0 Å². The minimum Gasteiger partial charge on any atom is -0.487 e. The summed E-state index contributed by atoms with van der Waals surface area (Å²) in [5.74, 6) is 0.398. The normalized spacial score (nSPS) is 11.7. The maximum absolute atomic E-state index is 12.0. The fourth-order valence-corrected chi connectivity index (χ4v) is 1.41. The Morgan fingerprint density at radius 3 is 2.79 bits per heavy atom. The third kappa shape index (κ3) is 4.66. The van der Waals surface area contributed by atoms with Crippen molar-refractivity contribution < 1.29 is 9.53 Å². The molecule has 1 aromatic carbocycles. The van der Waals surface area contributed by atoms with Crippen molar-refractivity contribution >= 4 is 11.6 Å². The zero-order valence-electron chi connectivity index (χ0n) is 11.8. The Bertz CT molecular complexity index is 469. The van der Waals surface area contributed by atoms with Gasteiger partial charge in [0.15, 0.2) is 0 Å². The second-order valence-electron chi connectivity index (χ2n) is 4.78. The summed E-state index contributed by atoms with van der Waals surface area (Å²) in [6, 6.07) is 5.18. The van der Waals surface area contributed by atoms with Crippen molar-refractivity contribution in [1.82, 2.24) is 5.32 Å². The molecule has 1 aromatic rings. The van der Waals surface area contributed by atoms with Gasteiger partial charge in [-0.05, 0) is 44.0 Å². The first-order valence-electron chi connectivity index (χ1n) is 6.41. The van der Waals surface area contributed by atoms with Gasteiger partial charge in [0.25, 0.3) is 5.91 Å². The molecule has 104 valence electrons. The van der Waals surface area contributed by atoms with Gasteiger partial charge in [0.2, 0.25) is 0 Å². The molecule has 0 aliphatic heterocycles. The van der Waals surface area contributed by atoms with E-state index in [2.05, 4.69) is 11.9 Å². The lowest BCUT2D eigenvalue weighted by atomic mass is 10.1. The molecule has 19 heavy (non-hydrogen) atoms. The molecule has 0 aliphatic carbocycles. The zero-order valence-corrected chi connectivity index (χ0v) is 11.8. The van der Waals surface area contributed by atoms with E-state index in [4.69, 9.17) is 10.5 Å². The Labute approximate surface area is 114 Å². The average molecular weight is 262 g/mol. The minimum absolute atomic E-state index is 0.116. The van der Waals surface area contributed by atoms with Crippen LogP contribution in [0.5, 0.6) is 5.75 Å². The second kappa shape index (κ2) is 6.83. The summed E-state index contributed by atoms with van der Waals surface area (Å²) in [4.78, 5) is 12.0. The minimum atomic E-state index is -0.116. The molecule has 1 atom stereocenters. The third-order valence-electron chi connectivity index (χ3n) is 2.74. The van der Waals surface area contributed by atoms with Crippen LogP contribution < -0.4 is 15.8 Å². The Balaban J connectivity index is 2.83. The first-order chi connectivity index (χ1) is 8.93. The van der Waals surface area contributed by atoms with Crippen LogP contribution in [0, 0.1) is 0 Å². The summed E-state index contributed by atoms with van der Waals surface area (Å²) in [5, 5.41) is 2.90. The SMILES string of the molecule is C=C(C)COc1cc(C(=O)NC(C)CC)ccc1N. The van der Waals surface area contributed by atoms with E-state index in [1.165, 1.54) is 0 Å². The highest BCUT2D eigenvalue weighted by Crippen LogP contribution is 2.23. The monoisotopic (exact) mass is 262 g/mol. The quantitative estimate of drug-likeness (QED) is 0.612. The summed E-state index contributed by atoms with van der Waals surface area (Å²) >= 11 is 0. The predicted molar refractivity (Wildman–Crippen MR) is 78.4 cm³/mol. The predicted octanol–water partition coefficient (Wildman–Crippen LogP) is 2.75. The molecule has 0 fully saturated rings. The average Bonchev–Trinajstić information content (AvgIpc) is 2.37. The summed E-state index contributed by atoms with van der Waals surface area (Å²) in [7, 11) is 0. The molecule has 0 saturated carbocycles. The Morgan fingerprint density at radius 2 is 2.21 bits per heavy atom. The summed E-state index contributed by atoms with van der Waals surface area (Å²) in [6.45, 7) is 10.0. The molecule has 3 N–H and O–H groups in total. The molecule has 1 rings (SSSR count). The molecule has 0 bridgehead atoms. The molecular weight excluding hydrogens is 240 g/mol. The van der Waals surface area contributed by atoms with Gasteiger partial charge in [-0.25, -0.2) is 0 Å². The van der Waals surface area contributed by atoms with Crippen molar-refractivity contribution in [3.63, 3.8) is 0 Å². The van der Waals surface area contributed by atoms with Crippen molar-refractivity contribution in [1.29, 1.82) is 0 Å². The molecule has 0 aromatic heterocycles. The topological polar surface area (TPSA) is 64.3 Å². The number of nitrogen functional groups attached to an aromatic ring is 1. The van der Waals surface area contributed by atoms with Gasteiger partial charge >= 0.3 is 0 Å². The third-order valence-corrected chi connectivity index (χ3v) is 2.74. The van der Waals surface area contributed by atoms with Crippen LogP contribution in [0.15, 0.2) is 30.4 Å². The van der Waals surface area contributed by atoms with E-state index in [0.29, 0.717) is 23.6 Å². The fourth-order valence-electron chi connectivity index (χ4n) is 1.41. The van der Waals surface area contributed by atoms with Gasteiger partial charge in [-0.15, -0.1) is 0 Å². The van der Waals surface area contributed by atoms with Crippen molar-refractivity contribution in [3.05, 3.63) is 35.9 Å². The highest BCUT2D eigenvalue weighted by Gasteiger charge is 2.11. The Hall–Kier alpha value is -1.97. The van der Waals surface area contributed by atoms with Crippen molar-refractivity contribution in [2.75, 3.05) is 12.3 Å². The first-order valence-corrected chi connectivity index (χ1v) is 6.41. The lowest BCUT2D eigenvalue weighted by Gasteiger charge is -2.13. The first kappa shape index (κ1) is 15.1. The molecule has 0 radical (unpaired) electrons. The van der Waals surface area contributed by atoms with E-state index < -0.39 is 0 Å². The van der Waals surface area contributed by atoms with Crippen LogP contribution >= 0.6 is 0 Å². The number of hydrogen-bond donors (Lipinski definition) is 2. The van der Waals surface area contributed by atoms with Crippen LogP contribution in [0.3, 0.4) is 0 Å². The van der Waals surface area contributed by atoms with Gasteiger partial charge in [0.05, 0.1) is 5.69 Å². The number of rotatable bonds is 6. The molecule has 4 nitrogen and oxygen atoms in total. The number of anilines is 1. The molecule has 0 spiro atoms. The Kier molecular flexibility index (Phi) is 5.42. The maximum atomic E-state index is 12.0. The molecule has 0 saturated heterocycles. The molecule has 1 amide bonds. The summed E-state index contributed by atoms with van der Waals surface area (Å²) in [5.41, 5.74) is 7.78. The highest BCUT2D eigenvalue weighted by atomic mass is 16.5. The zero-order chi connectivity index (χ0) is 14.4.